The third kappa shape index (κ3) is 4.84. The summed E-state index contributed by atoms with van der Waals surface area (Å²) in [6.07, 6.45) is 1.73. The maximum absolute atomic E-state index is 12.2. The maximum Gasteiger partial charge on any atom is 0.287 e. The summed E-state index contributed by atoms with van der Waals surface area (Å²) in [5.74, 6) is 1.12. The summed E-state index contributed by atoms with van der Waals surface area (Å²) in [5.41, 5.74) is 1.54. The largest absolute Gasteiger partial charge is 0.485 e. The van der Waals surface area contributed by atoms with Crippen LogP contribution < -0.4 is 10.1 Å². The standard InChI is InChI=1S/C19H19Cl2N3O3/c1-3-24-10-15(21)16(23-24)9-22-19(25)18-7-5-14(27-18)11-26-17-6-4-13(20)8-12(17)2/h4-8,10H,3,9,11H2,1-2H3,(H,22,25). The molecule has 1 aromatic carbocycles. The molecule has 6 nitrogen and oxygen atoms in total. The van der Waals surface area contributed by atoms with Crippen molar-refractivity contribution in [3.05, 3.63) is 69.4 Å². The third-order valence-corrected chi connectivity index (χ3v) is 4.47. The number of hydrogen-bond donors (Lipinski definition) is 1. The Labute approximate surface area is 167 Å². The number of carbonyl (C=O) groups excluding carboxylic acids is 1. The first-order valence-electron chi connectivity index (χ1n) is 8.44. The quantitative estimate of drug-likeness (QED) is 0.620. The number of benzene rings is 1. The van der Waals surface area contributed by atoms with Gasteiger partial charge in [-0.1, -0.05) is 23.2 Å². The monoisotopic (exact) mass is 407 g/mol. The van der Waals surface area contributed by atoms with Crippen LogP contribution in [0.1, 0.15) is 34.5 Å². The first-order valence-corrected chi connectivity index (χ1v) is 9.19. The number of nitrogens with one attached hydrogen (secondary N) is 1. The number of halogens is 2. The van der Waals surface area contributed by atoms with Gasteiger partial charge in [0.2, 0.25) is 0 Å². The number of nitrogens with zero attached hydrogens (tertiary/aromatic N) is 2. The molecule has 3 aromatic rings. The lowest BCUT2D eigenvalue weighted by Crippen LogP contribution is -2.22. The van der Waals surface area contributed by atoms with Gasteiger partial charge in [-0.3, -0.25) is 9.48 Å². The Morgan fingerprint density at radius 2 is 2.11 bits per heavy atom. The Morgan fingerprint density at radius 3 is 2.81 bits per heavy atom. The van der Waals surface area contributed by atoms with Crippen LogP contribution in [0.15, 0.2) is 40.9 Å². The lowest BCUT2D eigenvalue weighted by Gasteiger charge is -2.07. The van der Waals surface area contributed by atoms with E-state index in [0.29, 0.717) is 33.8 Å². The SMILES string of the molecule is CCn1cc(Cl)c(CNC(=O)c2ccc(COc3ccc(Cl)cc3C)o2)n1. The smallest absolute Gasteiger partial charge is 0.287 e. The van der Waals surface area contributed by atoms with E-state index >= 15 is 0 Å². The predicted octanol–water partition coefficient (Wildman–Crippen LogP) is 4.62. The van der Waals surface area contributed by atoms with Crippen molar-refractivity contribution in [2.24, 2.45) is 0 Å². The summed E-state index contributed by atoms with van der Waals surface area (Å²) in [4.78, 5) is 12.2. The van der Waals surface area contributed by atoms with Crippen LogP contribution in [0.4, 0.5) is 0 Å². The number of ether oxygens (including phenoxy) is 1. The van der Waals surface area contributed by atoms with Crippen molar-refractivity contribution in [2.45, 2.75) is 33.5 Å². The molecule has 1 amide bonds. The third-order valence-electron chi connectivity index (χ3n) is 3.92. The molecule has 0 spiro atoms. The van der Waals surface area contributed by atoms with Gasteiger partial charge in [-0.05, 0) is 49.7 Å². The van der Waals surface area contributed by atoms with Gasteiger partial charge in [0, 0.05) is 17.8 Å². The first-order chi connectivity index (χ1) is 13.0. The molecule has 0 aliphatic carbocycles. The van der Waals surface area contributed by atoms with E-state index < -0.39 is 0 Å². The molecule has 0 aliphatic heterocycles. The summed E-state index contributed by atoms with van der Waals surface area (Å²) >= 11 is 12.0. The van der Waals surface area contributed by atoms with Crippen LogP contribution in [-0.2, 0) is 19.7 Å². The average molecular weight is 408 g/mol. The molecular formula is C19H19Cl2N3O3. The van der Waals surface area contributed by atoms with Gasteiger partial charge in [-0.25, -0.2) is 0 Å². The second-order valence-electron chi connectivity index (χ2n) is 5.93. The van der Waals surface area contributed by atoms with Crippen LogP contribution in [0.5, 0.6) is 5.75 Å². The highest BCUT2D eigenvalue weighted by molar-refractivity contribution is 6.31. The zero-order valence-electron chi connectivity index (χ0n) is 15.0. The molecular weight excluding hydrogens is 389 g/mol. The Hall–Kier alpha value is -2.44. The highest BCUT2D eigenvalue weighted by atomic mass is 35.5. The van der Waals surface area contributed by atoms with Crippen molar-refractivity contribution in [2.75, 3.05) is 0 Å². The van der Waals surface area contributed by atoms with Crippen molar-refractivity contribution >= 4 is 29.1 Å². The maximum atomic E-state index is 12.2. The van der Waals surface area contributed by atoms with Gasteiger partial charge in [0.25, 0.3) is 5.91 Å². The molecule has 0 fully saturated rings. The Kier molecular flexibility index (Phi) is 6.08. The van der Waals surface area contributed by atoms with Crippen molar-refractivity contribution in [3.8, 4) is 5.75 Å². The van der Waals surface area contributed by atoms with E-state index in [9.17, 15) is 4.79 Å². The van der Waals surface area contributed by atoms with Gasteiger partial charge in [-0.15, -0.1) is 0 Å². The fourth-order valence-corrected chi connectivity index (χ4v) is 2.92. The fraction of sp³-hybridized carbons (Fsp3) is 0.263. The topological polar surface area (TPSA) is 69.3 Å². The fourth-order valence-electron chi connectivity index (χ4n) is 2.47. The molecule has 0 saturated heterocycles. The Morgan fingerprint density at radius 1 is 1.30 bits per heavy atom. The molecule has 2 aromatic heterocycles. The molecule has 1 N–H and O–H groups in total. The van der Waals surface area contributed by atoms with E-state index in [2.05, 4.69) is 10.4 Å². The second-order valence-corrected chi connectivity index (χ2v) is 6.77. The molecule has 0 unspecified atom stereocenters. The van der Waals surface area contributed by atoms with Crippen molar-refractivity contribution in [1.29, 1.82) is 0 Å². The zero-order chi connectivity index (χ0) is 19.4. The summed E-state index contributed by atoms with van der Waals surface area (Å²) in [6, 6.07) is 8.69. The Bertz CT molecular complexity index is 950. The molecule has 8 heteroatoms. The minimum Gasteiger partial charge on any atom is -0.485 e. The van der Waals surface area contributed by atoms with Gasteiger partial charge in [0.05, 0.1) is 11.6 Å². The lowest BCUT2D eigenvalue weighted by molar-refractivity contribution is 0.0918. The van der Waals surface area contributed by atoms with E-state index in [-0.39, 0.29) is 24.8 Å². The molecule has 0 bridgehead atoms. The predicted molar refractivity (Wildman–Crippen MR) is 103 cm³/mol. The van der Waals surface area contributed by atoms with Gasteiger partial charge in [-0.2, -0.15) is 5.10 Å². The van der Waals surface area contributed by atoms with Crippen LogP contribution in [0.3, 0.4) is 0 Å². The number of aromatic nitrogens is 2. The van der Waals surface area contributed by atoms with Crippen LogP contribution in [0, 0.1) is 6.92 Å². The normalized spacial score (nSPS) is 10.8. The number of furan rings is 1. The van der Waals surface area contributed by atoms with E-state index in [0.717, 1.165) is 5.56 Å². The molecule has 3 rings (SSSR count). The van der Waals surface area contributed by atoms with Crippen molar-refractivity contribution in [1.82, 2.24) is 15.1 Å². The second kappa shape index (κ2) is 8.50. The van der Waals surface area contributed by atoms with Crippen LogP contribution >= 0.6 is 23.2 Å². The van der Waals surface area contributed by atoms with E-state index in [1.807, 2.05) is 19.9 Å². The van der Waals surface area contributed by atoms with Crippen LogP contribution in [0.25, 0.3) is 0 Å². The highest BCUT2D eigenvalue weighted by Gasteiger charge is 2.14. The van der Waals surface area contributed by atoms with Crippen molar-refractivity contribution in [3.63, 3.8) is 0 Å². The van der Waals surface area contributed by atoms with Gasteiger partial charge in [0.1, 0.15) is 23.8 Å². The minimum atomic E-state index is -0.342. The summed E-state index contributed by atoms with van der Waals surface area (Å²) in [5, 5.41) is 8.21. The van der Waals surface area contributed by atoms with Crippen molar-refractivity contribution < 1.29 is 13.9 Å². The average Bonchev–Trinajstić information content (AvgIpc) is 3.25. The lowest BCUT2D eigenvalue weighted by atomic mass is 10.2. The zero-order valence-corrected chi connectivity index (χ0v) is 16.5. The molecule has 0 aliphatic rings. The molecule has 0 saturated carbocycles. The van der Waals surface area contributed by atoms with E-state index in [1.54, 1.807) is 35.1 Å². The van der Waals surface area contributed by atoms with Crippen LogP contribution in [-0.4, -0.2) is 15.7 Å². The summed E-state index contributed by atoms with van der Waals surface area (Å²) in [6.45, 7) is 5.02. The number of rotatable bonds is 7. The number of hydrogen-bond acceptors (Lipinski definition) is 4. The van der Waals surface area contributed by atoms with Gasteiger partial charge >= 0.3 is 0 Å². The number of amides is 1. The number of aryl methyl sites for hydroxylation is 2. The summed E-state index contributed by atoms with van der Waals surface area (Å²) in [7, 11) is 0. The first kappa shape index (κ1) is 19.3. The molecule has 0 atom stereocenters. The minimum absolute atomic E-state index is 0.201. The highest BCUT2D eigenvalue weighted by Crippen LogP contribution is 2.23. The summed E-state index contributed by atoms with van der Waals surface area (Å²) < 4.78 is 13.0. The molecule has 27 heavy (non-hydrogen) atoms. The molecule has 142 valence electrons. The number of carbonyl (C=O) groups is 1. The molecule has 2 heterocycles. The van der Waals surface area contributed by atoms with E-state index in [4.69, 9.17) is 32.4 Å². The van der Waals surface area contributed by atoms with E-state index in [1.165, 1.54) is 0 Å². The molecule has 0 radical (unpaired) electrons. The van der Waals surface area contributed by atoms with Gasteiger partial charge < -0.3 is 14.5 Å². The van der Waals surface area contributed by atoms with Gasteiger partial charge in [0.15, 0.2) is 5.76 Å². The Balaban J connectivity index is 1.56. The van der Waals surface area contributed by atoms with Crippen LogP contribution in [0.2, 0.25) is 10.0 Å².